The first-order chi connectivity index (χ1) is 8.49. The Morgan fingerprint density at radius 1 is 1.50 bits per heavy atom. The second kappa shape index (κ2) is 4.54. The van der Waals surface area contributed by atoms with E-state index in [9.17, 15) is 10.1 Å². The fourth-order valence-electron chi connectivity index (χ4n) is 1.97. The minimum atomic E-state index is -0.834. The van der Waals surface area contributed by atoms with Crippen LogP contribution in [0.4, 0.5) is 11.4 Å². The molecule has 18 heavy (non-hydrogen) atoms. The minimum Gasteiger partial charge on any atom is -0.388 e. The molecule has 1 heterocycles. The van der Waals surface area contributed by atoms with E-state index < -0.39 is 5.54 Å². The first kappa shape index (κ1) is 12.8. The van der Waals surface area contributed by atoms with E-state index in [-0.39, 0.29) is 5.91 Å². The van der Waals surface area contributed by atoms with E-state index in [1.807, 2.05) is 25.2 Å². The van der Waals surface area contributed by atoms with Crippen LogP contribution in [0.5, 0.6) is 0 Å². The molecule has 5 heteroatoms. The van der Waals surface area contributed by atoms with E-state index in [4.69, 9.17) is 0 Å². The standard InChI is InChI=1S/C13H15N3OS/c1-13(2,8-14)16-10-6-9(15-3)4-5-11(10)18-7-12(16)17/h4-6,15H,7H2,1-3H3. The Morgan fingerprint density at radius 2 is 2.22 bits per heavy atom. The summed E-state index contributed by atoms with van der Waals surface area (Å²) in [5, 5.41) is 12.3. The van der Waals surface area contributed by atoms with Crippen LogP contribution in [-0.2, 0) is 4.79 Å². The normalized spacial score (nSPS) is 15.0. The molecule has 2 rings (SSSR count). The van der Waals surface area contributed by atoms with Gasteiger partial charge in [-0.2, -0.15) is 5.26 Å². The number of hydrogen-bond donors (Lipinski definition) is 1. The number of hydrogen-bond acceptors (Lipinski definition) is 4. The van der Waals surface area contributed by atoms with Crippen LogP contribution in [-0.4, -0.2) is 24.2 Å². The zero-order chi connectivity index (χ0) is 13.3. The van der Waals surface area contributed by atoms with Crippen molar-refractivity contribution < 1.29 is 4.79 Å². The molecule has 1 aromatic carbocycles. The van der Waals surface area contributed by atoms with E-state index >= 15 is 0 Å². The van der Waals surface area contributed by atoms with Crippen LogP contribution in [0.1, 0.15) is 13.8 Å². The highest BCUT2D eigenvalue weighted by Crippen LogP contribution is 2.40. The van der Waals surface area contributed by atoms with Gasteiger partial charge in [-0.15, -0.1) is 11.8 Å². The van der Waals surface area contributed by atoms with E-state index in [2.05, 4.69) is 11.4 Å². The highest BCUT2D eigenvalue weighted by atomic mass is 32.2. The van der Waals surface area contributed by atoms with Crippen LogP contribution in [0, 0.1) is 11.3 Å². The molecule has 4 nitrogen and oxygen atoms in total. The van der Waals surface area contributed by atoms with Gasteiger partial charge in [-0.05, 0) is 32.0 Å². The summed E-state index contributed by atoms with van der Waals surface area (Å²) in [5.74, 6) is 0.365. The Labute approximate surface area is 111 Å². The first-order valence-electron chi connectivity index (χ1n) is 5.68. The van der Waals surface area contributed by atoms with Gasteiger partial charge < -0.3 is 5.32 Å². The number of nitrogens with one attached hydrogen (secondary N) is 1. The predicted octanol–water partition coefficient (Wildman–Crippen LogP) is 2.47. The number of amides is 1. The zero-order valence-corrected chi connectivity index (χ0v) is 11.5. The quantitative estimate of drug-likeness (QED) is 0.888. The van der Waals surface area contributed by atoms with Crippen molar-refractivity contribution in [3.05, 3.63) is 18.2 Å². The number of fused-ring (bicyclic) bond motifs is 1. The minimum absolute atomic E-state index is 0.0210. The molecule has 0 bridgehead atoms. The largest absolute Gasteiger partial charge is 0.388 e. The highest BCUT2D eigenvalue weighted by Gasteiger charge is 2.36. The van der Waals surface area contributed by atoms with Crippen molar-refractivity contribution in [3.8, 4) is 6.07 Å². The summed E-state index contributed by atoms with van der Waals surface area (Å²) < 4.78 is 0. The number of anilines is 2. The van der Waals surface area contributed by atoms with E-state index in [1.165, 1.54) is 11.8 Å². The summed E-state index contributed by atoms with van der Waals surface area (Å²) in [5.41, 5.74) is 0.913. The summed E-state index contributed by atoms with van der Waals surface area (Å²) in [6.07, 6.45) is 0. The van der Waals surface area contributed by atoms with Gasteiger partial charge in [0.25, 0.3) is 0 Å². The molecule has 0 radical (unpaired) electrons. The maximum absolute atomic E-state index is 12.1. The number of carbonyl (C=O) groups is 1. The lowest BCUT2D eigenvalue weighted by Crippen LogP contribution is -2.49. The number of benzene rings is 1. The van der Waals surface area contributed by atoms with Gasteiger partial charge in [0.05, 0.1) is 17.5 Å². The topological polar surface area (TPSA) is 56.1 Å². The fourth-order valence-corrected chi connectivity index (χ4v) is 2.84. The van der Waals surface area contributed by atoms with Crippen molar-refractivity contribution in [1.82, 2.24) is 0 Å². The molecule has 0 unspecified atom stereocenters. The lowest BCUT2D eigenvalue weighted by atomic mass is 10.0. The number of rotatable bonds is 2. The molecule has 1 aromatic rings. The van der Waals surface area contributed by atoms with Crippen LogP contribution in [0.2, 0.25) is 0 Å². The van der Waals surface area contributed by atoms with Crippen molar-refractivity contribution in [1.29, 1.82) is 5.26 Å². The fraction of sp³-hybridized carbons (Fsp3) is 0.385. The number of carbonyl (C=O) groups excluding carboxylic acids is 1. The molecule has 1 aliphatic rings. The molecule has 0 fully saturated rings. The van der Waals surface area contributed by atoms with Gasteiger partial charge in [-0.1, -0.05) is 0 Å². The van der Waals surface area contributed by atoms with Crippen LogP contribution < -0.4 is 10.2 Å². The van der Waals surface area contributed by atoms with Gasteiger partial charge >= 0.3 is 0 Å². The summed E-state index contributed by atoms with van der Waals surface area (Å²) in [4.78, 5) is 14.7. The molecular formula is C13H15N3OS. The summed E-state index contributed by atoms with van der Waals surface area (Å²) in [6.45, 7) is 3.52. The van der Waals surface area contributed by atoms with E-state index in [0.29, 0.717) is 5.75 Å². The van der Waals surface area contributed by atoms with Gasteiger partial charge in [0.15, 0.2) is 0 Å². The average molecular weight is 261 g/mol. The van der Waals surface area contributed by atoms with Crippen molar-refractivity contribution in [2.75, 3.05) is 23.0 Å². The Kier molecular flexibility index (Phi) is 3.22. The third-order valence-corrected chi connectivity index (χ3v) is 3.97. The molecular weight excluding hydrogens is 246 g/mol. The molecule has 0 aromatic heterocycles. The third kappa shape index (κ3) is 2.04. The van der Waals surface area contributed by atoms with Gasteiger partial charge in [0, 0.05) is 17.6 Å². The highest BCUT2D eigenvalue weighted by molar-refractivity contribution is 8.00. The van der Waals surface area contributed by atoms with Gasteiger partial charge in [-0.25, -0.2) is 0 Å². The number of nitrogens with zero attached hydrogens (tertiary/aromatic N) is 2. The van der Waals surface area contributed by atoms with Crippen molar-refractivity contribution >= 4 is 29.0 Å². The van der Waals surface area contributed by atoms with Gasteiger partial charge in [0.1, 0.15) is 5.54 Å². The maximum atomic E-state index is 12.1. The van der Waals surface area contributed by atoms with Crippen molar-refractivity contribution in [2.45, 2.75) is 24.3 Å². The maximum Gasteiger partial charge on any atom is 0.238 e. The molecule has 0 saturated carbocycles. The Hall–Kier alpha value is -1.67. The van der Waals surface area contributed by atoms with Crippen LogP contribution >= 0.6 is 11.8 Å². The molecule has 0 saturated heterocycles. The van der Waals surface area contributed by atoms with E-state index in [1.54, 1.807) is 18.7 Å². The predicted molar refractivity (Wildman–Crippen MR) is 73.9 cm³/mol. The molecule has 0 aliphatic carbocycles. The molecule has 1 aliphatic heterocycles. The Morgan fingerprint density at radius 3 is 2.83 bits per heavy atom. The monoisotopic (exact) mass is 261 g/mol. The van der Waals surface area contributed by atoms with Gasteiger partial charge in [0.2, 0.25) is 5.91 Å². The SMILES string of the molecule is CNc1ccc2c(c1)N(C(C)(C)C#N)C(=O)CS2. The molecule has 0 atom stereocenters. The lowest BCUT2D eigenvalue weighted by molar-refractivity contribution is -0.117. The summed E-state index contributed by atoms with van der Waals surface area (Å²) in [7, 11) is 1.83. The average Bonchev–Trinajstić information content (AvgIpc) is 2.37. The number of nitriles is 1. The molecule has 1 N–H and O–H groups in total. The smallest absolute Gasteiger partial charge is 0.238 e. The lowest BCUT2D eigenvalue weighted by Gasteiger charge is -2.37. The molecule has 0 spiro atoms. The van der Waals surface area contributed by atoms with Crippen LogP contribution in [0.15, 0.2) is 23.1 Å². The van der Waals surface area contributed by atoms with Crippen LogP contribution in [0.25, 0.3) is 0 Å². The first-order valence-corrected chi connectivity index (χ1v) is 6.67. The van der Waals surface area contributed by atoms with Gasteiger partial charge in [-0.3, -0.25) is 9.69 Å². The Bertz CT molecular complexity index is 534. The Balaban J connectivity index is 2.56. The second-order valence-electron chi connectivity index (χ2n) is 4.62. The summed E-state index contributed by atoms with van der Waals surface area (Å²) in [6, 6.07) is 8.07. The molecule has 1 amide bonds. The van der Waals surface area contributed by atoms with Crippen molar-refractivity contribution in [2.24, 2.45) is 0 Å². The summed E-state index contributed by atoms with van der Waals surface area (Å²) >= 11 is 1.52. The zero-order valence-electron chi connectivity index (χ0n) is 10.7. The van der Waals surface area contributed by atoms with Crippen LogP contribution in [0.3, 0.4) is 0 Å². The number of thioether (sulfide) groups is 1. The second-order valence-corrected chi connectivity index (χ2v) is 5.64. The van der Waals surface area contributed by atoms with E-state index in [0.717, 1.165) is 16.3 Å². The third-order valence-electron chi connectivity index (χ3n) is 2.92. The molecule has 94 valence electrons. The van der Waals surface area contributed by atoms with Crippen molar-refractivity contribution in [3.63, 3.8) is 0 Å².